The second-order valence-corrected chi connectivity index (χ2v) is 11.3. The van der Waals surface area contributed by atoms with E-state index in [1.54, 1.807) is 36.7 Å². The van der Waals surface area contributed by atoms with Crippen molar-refractivity contribution in [3.63, 3.8) is 0 Å². The van der Waals surface area contributed by atoms with Crippen molar-refractivity contribution < 1.29 is 13.2 Å². The minimum absolute atomic E-state index is 0.0494. The van der Waals surface area contributed by atoms with Gasteiger partial charge in [-0.1, -0.05) is 48.0 Å². The molecule has 0 spiro atoms. The highest BCUT2D eigenvalue weighted by molar-refractivity contribution is 7.92. The molecule has 0 radical (unpaired) electrons. The van der Waals surface area contributed by atoms with Crippen LogP contribution < -0.4 is 4.72 Å². The largest absolute Gasteiger partial charge is 0.379 e. The normalized spacial score (nSPS) is 14.5. The minimum atomic E-state index is -3.83. The first-order valence-electron chi connectivity index (χ1n) is 12.4. The molecule has 0 bridgehead atoms. The van der Waals surface area contributed by atoms with E-state index in [1.807, 2.05) is 18.2 Å². The fourth-order valence-corrected chi connectivity index (χ4v) is 5.89. The lowest BCUT2D eigenvalue weighted by molar-refractivity contribution is 0.0342. The second kappa shape index (κ2) is 10.7. The van der Waals surface area contributed by atoms with Gasteiger partial charge in [0.15, 0.2) is 10.8 Å². The lowest BCUT2D eigenvalue weighted by Gasteiger charge is -2.26. The Labute approximate surface area is 230 Å². The fraction of sp³-hybridized carbons (Fsp3) is 0.179. The Morgan fingerprint density at radius 3 is 2.51 bits per heavy atom. The van der Waals surface area contributed by atoms with Crippen LogP contribution in [-0.2, 0) is 21.3 Å². The van der Waals surface area contributed by atoms with Gasteiger partial charge in [0.05, 0.1) is 29.5 Å². The number of anilines is 1. The summed E-state index contributed by atoms with van der Waals surface area (Å²) in [6.07, 6.45) is 3.27. The third-order valence-corrected chi connectivity index (χ3v) is 8.29. The third-order valence-electron chi connectivity index (χ3n) is 6.61. The Morgan fingerprint density at radius 1 is 0.923 bits per heavy atom. The number of benzene rings is 2. The molecule has 0 aliphatic carbocycles. The van der Waals surface area contributed by atoms with Gasteiger partial charge >= 0.3 is 0 Å². The van der Waals surface area contributed by atoms with Crippen LogP contribution in [0.4, 0.5) is 5.69 Å². The lowest BCUT2D eigenvalue weighted by atomic mass is 10.0. The zero-order chi connectivity index (χ0) is 26.8. The van der Waals surface area contributed by atoms with E-state index in [2.05, 4.69) is 41.9 Å². The molecule has 1 saturated heterocycles. The number of aromatic nitrogens is 4. The Morgan fingerprint density at radius 2 is 1.69 bits per heavy atom. The highest BCUT2D eigenvalue weighted by Gasteiger charge is 2.18. The molecule has 3 aromatic heterocycles. The standard InChI is InChI=1S/C28H25ClN6O3S/c29-27-25(34-39(36,37)23-7-2-1-3-8-23)15-22(16-30-27)21-14-24-26(32-33-28(24)31-17-21)20-6-4-5-19(13-20)18-35-9-11-38-12-10-35/h1-8,13-17,34H,9-12,18H2,(H,31,32,33). The van der Waals surface area contributed by atoms with E-state index in [4.69, 9.17) is 16.3 Å². The van der Waals surface area contributed by atoms with Crippen LogP contribution in [0.3, 0.4) is 0 Å². The van der Waals surface area contributed by atoms with Gasteiger partial charge < -0.3 is 4.74 Å². The molecule has 4 heterocycles. The molecule has 0 atom stereocenters. The first-order valence-corrected chi connectivity index (χ1v) is 14.3. The first-order chi connectivity index (χ1) is 19.0. The molecule has 0 saturated carbocycles. The molecule has 2 N–H and O–H groups in total. The molecule has 0 unspecified atom stereocenters. The summed E-state index contributed by atoms with van der Waals surface area (Å²) in [4.78, 5) is 11.3. The Hall–Kier alpha value is -3.83. The predicted molar refractivity (Wildman–Crippen MR) is 151 cm³/mol. The monoisotopic (exact) mass is 560 g/mol. The molecule has 1 fully saturated rings. The fourth-order valence-electron chi connectivity index (χ4n) is 4.60. The summed E-state index contributed by atoms with van der Waals surface area (Å²) in [5.41, 5.74) is 5.24. The molecule has 6 rings (SSSR count). The van der Waals surface area contributed by atoms with E-state index in [0.29, 0.717) is 11.2 Å². The van der Waals surface area contributed by atoms with E-state index in [9.17, 15) is 8.42 Å². The van der Waals surface area contributed by atoms with E-state index in [1.165, 1.54) is 17.7 Å². The maximum Gasteiger partial charge on any atom is 0.261 e. The van der Waals surface area contributed by atoms with Crippen LogP contribution in [-0.4, -0.2) is 59.8 Å². The molecule has 1 aliphatic heterocycles. The zero-order valence-corrected chi connectivity index (χ0v) is 22.4. The number of hydrogen-bond donors (Lipinski definition) is 2. The maximum absolute atomic E-state index is 12.9. The van der Waals surface area contributed by atoms with Gasteiger partial charge in [-0.05, 0) is 35.9 Å². The zero-order valence-electron chi connectivity index (χ0n) is 20.8. The van der Waals surface area contributed by atoms with Crippen molar-refractivity contribution in [3.05, 3.63) is 89.8 Å². The predicted octanol–water partition coefficient (Wildman–Crippen LogP) is 4.97. The summed E-state index contributed by atoms with van der Waals surface area (Å²) in [6, 6.07) is 20.1. The number of halogens is 1. The molecular weight excluding hydrogens is 536 g/mol. The number of hydrogen-bond acceptors (Lipinski definition) is 7. The highest BCUT2D eigenvalue weighted by atomic mass is 35.5. The summed E-state index contributed by atoms with van der Waals surface area (Å²) in [7, 11) is -3.83. The maximum atomic E-state index is 12.9. The van der Waals surface area contributed by atoms with Gasteiger partial charge in [0, 0.05) is 54.1 Å². The summed E-state index contributed by atoms with van der Waals surface area (Å²) >= 11 is 6.27. The summed E-state index contributed by atoms with van der Waals surface area (Å²) < 4.78 is 33.7. The number of rotatable bonds is 7. The molecule has 5 aromatic rings. The van der Waals surface area contributed by atoms with E-state index < -0.39 is 10.0 Å². The summed E-state index contributed by atoms with van der Waals surface area (Å²) in [6.45, 7) is 4.21. The average molecular weight is 561 g/mol. The third kappa shape index (κ3) is 5.50. The van der Waals surface area contributed by atoms with Crippen LogP contribution >= 0.6 is 11.6 Å². The van der Waals surface area contributed by atoms with Crippen LogP contribution in [0.25, 0.3) is 33.4 Å². The number of fused-ring (bicyclic) bond motifs is 1. The number of aromatic amines is 1. The number of nitrogens with one attached hydrogen (secondary N) is 2. The molecule has 2 aromatic carbocycles. The van der Waals surface area contributed by atoms with Crippen molar-refractivity contribution in [3.8, 4) is 22.4 Å². The number of ether oxygens (including phenoxy) is 1. The quantitative estimate of drug-likeness (QED) is 0.270. The van der Waals surface area contributed by atoms with Crippen LogP contribution in [0, 0.1) is 0 Å². The number of sulfonamides is 1. The SMILES string of the molecule is O=S(=O)(Nc1cc(-c2cnc3n[nH]c(-c4cccc(CN5CCOCC5)c4)c3c2)cnc1Cl)c1ccccc1. The Bertz CT molecular complexity index is 1740. The van der Waals surface area contributed by atoms with Crippen LogP contribution in [0.1, 0.15) is 5.56 Å². The van der Waals surface area contributed by atoms with Crippen LogP contribution in [0.5, 0.6) is 0 Å². The van der Waals surface area contributed by atoms with Gasteiger partial charge in [0.1, 0.15) is 0 Å². The summed E-state index contributed by atoms with van der Waals surface area (Å²) in [5, 5.41) is 8.43. The number of morpholine rings is 1. The van der Waals surface area contributed by atoms with E-state index in [-0.39, 0.29) is 15.7 Å². The number of pyridine rings is 2. The molecular formula is C28H25ClN6O3S. The molecule has 198 valence electrons. The average Bonchev–Trinajstić information content (AvgIpc) is 3.39. The van der Waals surface area contributed by atoms with Gasteiger partial charge in [-0.25, -0.2) is 18.4 Å². The summed E-state index contributed by atoms with van der Waals surface area (Å²) in [5.74, 6) is 0. The Balaban J connectivity index is 1.31. The Kier molecular flexibility index (Phi) is 7.01. The van der Waals surface area contributed by atoms with Crippen molar-refractivity contribution >= 4 is 38.3 Å². The minimum Gasteiger partial charge on any atom is -0.379 e. The van der Waals surface area contributed by atoms with E-state index in [0.717, 1.165) is 55.1 Å². The van der Waals surface area contributed by atoms with E-state index >= 15 is 0 Å². The molecule has 11 heteroatoms. The van der Waals surface area contributed by atoms with Crippen LogP contribution in [0.2, 0.25) is 5.15 Å². The molecule has 0 amide bonds. The van der Waals surface area contributed by atoms with Crippen molar-refractivity contribution in [1.29, 1.82) is 0 Å². The lowest BCUT2D eigenvalue weighted by Crippen LogP contribution is -2.35. The van der Waals surface area contributed by atoms with Crippen LogP contribution in [0.15, 0.2) is 84.0 Å². The van der Waals surface area contributed by atoms with Gasteiger partial charge in [0.2, 0.25) is 0 Å². The second-order valence-electron chi connectivity index (χ2n) is 9.26. The van der Waals surface area contributed by atoms with Crippen molar-refractivity contribution in [1.82, 2.24) is 25.1 Å². The number of H-pyrrole nitrogens is 1. The van der Waals surface area contributed by atoms with Gasteiger partial charge in [-0.2, -0.15) is 5.10 Å². The topological polar surface area (TPSA) is 113 Å². The first kappa shape index (κ1) is 25.4. The highest BCUT2D eigenvalue weighted by Crippen LogP contribution is 2.32. The van der Waals surface area contributed by atoms with Gasteiger partial charge in [0.25, 0.3) is 10.0 Å². The van der Waals surface area contributed by atoms with Gasteiger partial charge in [-0.15, -0.1) is 0 Å². The molecule has 9 nitrogen and oxygen atoms in total. The molecule has 1 aliphatic rings. The van der Waals surface area contributed by atoms with Crippen molar-refractivity contribution in [2.75, 3.05) is 31.0 Å². The number of nitrogens with zero attached hydrogens (tertiary/aromatic N) is 4. The van der Waals surface area contributed by atoms with Gasteiger partial charge in [-0.3, -0.25) is 14.7 Å². The van der Waals surface area contributed by atoms with Crippen molar-refractivity contribution in [2.24, 2.45) is 0 Å². The molecule has 39 heavy (non-hydrogen) atoms. The smallest absolute Gasteiger partial charge is 0.261 e. The van der Waals surface area contributed by atoms with Crippen molar-refractivity contribution in [2.45, 2.75) is 11.4 Å².